The van der Waals surface area contributed by atoms with Crippen molar-refractivity contribution in [2.24, 2.45) is 0 Å². The molecule has 0 unspecified atom stereocenters. The molecule has 1 N–H and O–H groups in total. The first-order chi connectivity index (χ1) is 8.34. The van der Waals surface area contributed by atoms with Crippen LogP contribution in [0.15, 0.2) is 18.2 Å². The Balaban J connectivity index is 2.86. The van der Waals surface area contributed by atoms with E-state index >= 15 is 0 Å². The van der Waals surface area contributed by atoms with Gasteiger partial charge in [-0.25, -0.2) is 0 Å². The minimum absolute atomic E-state index is 0.0436. The number of benzene rings is 1. The Morgan fingerprint density at radius 3 is 2.50 bits per heavy atom. The highest BCUT2D eigenvalue weighted by Gasteiger charge is 2.19. The van der Waals surface area contributed by atoms with Crippen LogP contribution in [0.4, 0.5) is 0 Å². The van der Waals surface area contributed by atoms with Crippen LogP contribution in [0.3, 0.4) is 0 Å². The Bertz CT molecular complexity index is 419. The van der Waals surface area contributed by atoms with Crippen molar-refractivity contribution in [2.75, 3.05) is 13.7 Å². The van der Waals surface area contributed by atoms with Gasteiger partial charge in [-0.3, -0.25) is 4.79 Å². The standard InChI is InChI=1S/C15H23NO2/c1-11(17)9-16-10-12-6-7-14(18-5)13(8-12)15(2,3)4/h6-8,16H,9-10H2,1-5H3. The highest BCUT2D eigenvalue weighted by molar-refractivity contribution is 5.77. The van der Waals surface area contributed by atoms with Gasteiger partial charge >= 0.3 is 0 Å². The number of Topliss-reactive ketones (excluding diaryl/α,β-unsaturated/α-hetero) is 1. The number of ketones is 1. The quantitative estimate of drug-likeness (QED) is 0.872. The number of rotatable bonds is 5. The van der Waals surface area contributed by atoms with Crippen molar-refractivity contribution in [1.29, 1.82) is 0 Å². The van der Waals surface area contributed by atoms with Crippen LogP contribution < -0.4 is 10.1 Å². The monoisotopic (exact) mass is 249 g/mol. The Morgan fingerprint density at radius 1 is 1.33 bits per heavy atom. The summed E-state index contributed by atoms with van der Waals surface area (Å²) in [5.41, 5.74) is 2.40. The Kier molecular flexibility index (Phi) is 4.91. The average molecular weight is 249 g/mol. The summed E-state index contributed by atoms with van der Waals surface area (Å²) in [6.07, 6.45) is 0. The number of hydrogen-bond acceptors (Lipinski definition) is 3. The minimum atomic E-state index is 0.0436. The number of methoxy groups -OCH3 is 1. The average Bonchev–Trinajstić information content (AvgIpc) is 2.27. The van der Waals surface area contributed by atoms with Crippen molar-refractivity contribution in [3.8, 4) is 5.75 Å². The molecule has 0 bridgehead atoms. The largest absolute Gasteiger partial charge is 0.496 e. The van der Waals surface area contributed by atoms with Crippen molar-refractivity contribution in [2.45, 2.75) is 39.7 Å². The van der Waals surface area contributed by atoms with Crippen LogP contribution in [0.2, 0.25) is 0 Å². The molecule has 0 aliphatic rings. The van der Waals surface area contributed by atoms with Crippen LogP contribution in [-0.2, 0) is 16.8 Å². The van der Waals surface area contributed by atoms with E-state index in [0.717, 1.165) is 5.75 Å². The number of carbonyl (C=O) groups excluding carboxylic acids is 1. The molecule has 1 rings (SSSR count). The second-order valence-corrected chi connectivity index (χ2v) is 5.59. The van der Waals surface area contributed by atoms with E-state index in [2.05, 4.69) is 32.2 Å². The Morgan fingerprint density at radius 2 is 2.00 bits per heavy atom. The molecule has 3 nitrogen and oxygen atoms in total. The number of hydrogen-bond donors (Lipinski definition) is 1. The third-order valence-corrected chi connectivity index (χ3v) is 2.77. The molecule has 0 radical (unpaired) electrons. The fourth-order valence-corrected chi connectivity index (χ4v) is 1.83. The van der Waals surface area contributed by atoms with Crippen LogP contribution in [0, 0.1) is 0 Å². The summed E-state index contributed by atoms with van der Waals surface area (Å²) in [5.74, 6) is 1.07. The van der Waals surface area contributed by atoms with Gasteiger partial charge in [0.1, 0.15) is 11.5 Å². The topological polar surface area (TPSA) is 38.3 Å². The second-order valence-electron chi connectivity index (χ2n) is 5.59. The van der Waals surface area contributed by atoms with Crippen molar-refractivity contribution < 1.29 is 9.53 Å². The van der Waals surface area contributed by atoms with Crippen molar-refractivity contribution >= 4 is 5.78 Å². The molecule has 0 spiro atoms. The summed E-state index contributed by atoms with van der Waals surface area (Å²) in [7, 11) is 1.69. The first kappa shape index (κ1) is 14.7. The van der Waals surface area contributed by atoms with Gasteiger partial charge in [0, 0.05) is 6.54 Å². The molecule has 1 aromatic carbocycles. The highest BCUT2D eigenvalue weighted by atomic mass is 16.5. The Labute approximate surface area is 110 Å². The summed E-state index contributed by atoms with van der Waals surface area (Å²) >= 11 is 0. The van der Waals surface area contributed by atoms with Crippen LogP contribution in [0.25, 0.3) is 0 Å². The first-order valence-corrected chi connectivity index (χ1v) is 6.22. The van der Waals surface area contributed by atoms with Gasteiger partial charge in [0.25, 0.3) is 0 Å². The molecule has 3 heteroatoms. The molecule has 0 aromatic heterocycles. The summed E-state index contributed by atoms with van der Waals surface area (Å²) in [6, 6.07) is 6.17. The van der Waals surface area contributed by atoms with Gasteiger partial charge in [0.2, 0.25) is 0 Å². The lowest BCUT2D eigenvalue weighted by atomic mass is 9.85. The maximum Gasteiger partial charge on any atom is 0.143 e. The maximum absolute atomic E-state index is 10.9. The van der Waals surface area contributed by atoms with Gasteiger partial charge < -0.3 is 10.1 Å². The fourth-order valence-electron chi connectivity index (χ4n) is 1.83. The van der Waals surface area contributed by atoms with Gasteiger partial charge in [-0.05, 0) is 29.5 Å². The molecular formula is C15H23NO2. The predicted molar refractivity (Wildman–Crippen MR) is 74.1 cm³/mol. The molecule has 0 fully saturated rings. The van der Waals surface area contributed by atoms with E-state index in [1.165, 1.54) is 11.1 Å². The number of ether oxygens (including phenoxy) is 1. The van der Waals surface area contributed by atoms with Gasteiger partial charge in [-0.2, -0.15) is 0 Å². The molecule has 100 valence electrons. The van der Waals surface area contributed by atoms with Crippen LogP contribution in [0.5, 0.6) is 5.75 Å². The van der Waals surface area contributed by atoms with Gasteiger partial charge in [0.15, 0.2) is 0 Å². The van der Waals surface area contributed by atoms with Gasteiger partial charge in [-0.15, -0.1) is 0 Å². The van der Waals surface area contributed by atoms with Gasteiger partial charge in [0.05, 0.1) is 13.7 Å². The first-order valence-electron chi connectivity index (χ1n) is 6.22. The normalized spacial score (nSPS) is 11.4. The van der Waals surface area contributed by atoms with E-state index in [4.69, 9.17) is 4.74 Å². The zero-order valence-corrected chi connectivity index (χ0v) is 12.0. The molecule has 0 amide bonds. The lowest BCUT2D eigenvalue weighted by Crippen LogP contribution is -2.21. The molecule has 0 saturated heterocycles. The molecule has 18 heavy (non-hydrogen) atoms. The molecule has 0 atom stereocenters. The van der Waals surface area contributed by atoms with Crippen LogP contribution in [-0.4, -0.2) is 19.4 Å². The summed E-state index contributed by atoms with van der Waals surface area (Å²) in [4.78, 5) is 10.9. The zero-order valence-electron chi connectivity index (χ0n) is 12.0. The molecule has 1 aromatic rings. The van der Waals surface area contributed by atoms with Crippen LogP contribution in [0.1, 0.15) is 38.8 Å². The second kappa shape index (κ2) is 6.01. The summed E-state index contributed by atoms with van der Waals surface area (Å²) < 4.78 is 5.40. The third-order valence-electron chi connectivity index (χ3n) is 2.77. The maximum atomic E-state index is 10.9. The van der Waals surface area contributed by atoms with E-state index in [1.54, 1.807) is 14.0 Å². The van der Waals surface area contributed by atoms with Crippen LogP contribution >= 0.6 is 0 Å². The number of nitrogens with one attached hydrogen (secondary N) is 1. The van der Waals surface area contributed by atoms with E-state index < -0.39 is 0 Å². The lowest BCUT2D eigenvalue weighted by Gasteiger charge is -2.23. The molecule has 0 aliphatic heterocycles. The van der Waals surface area contributed by atoms with Crippen molar-refractivity contribution in [1.82, 2.24) is 5.32 Å². The minimum Gasteiger partial charge on any atom is -0.496 e. The Hall–Kier alpha value is -1.35. The summed E-state index contributed by atoms with van der Waals surface area (Å²) in [5, 5.41) is 3.13. The lowest BCUT2D eigenvalue weighted by molar-refractivity contribution is -0.116. The predicted octanol–water partition coefficient (Wildman–Crippen LogP) is 2.67. The van der Waals surface area contributed by atoms with Crippen molar-refractivity contribution in [3.05, 3.63) is 29.3 Å². The van der Waals surface area contributed by atoms with E-state index in [-0.39, 0.29) is 11.2 Å². The van der Waals surface area contributed by atoms with E-state index in [1.807, 2.05) is 12.1 Å². The molecule has 0 saturated carbocycles. The molecule has 0 aliphatic carbocycles. The molecule has 0 heterocycles. The summed E-state index contributed by atoms with van der Waals surface area (Å²) in [6.45, 7) is 9.19. The zero-order chi connectivity index (χ0) is 13.8. The third kappa shape index (κ3) is 4.15. The highest BCUT2D eigenvalue weighted by Crippen LogP contribution is 2.31. The fraction of sp³-hybridized carbons (Fsp3) is 0.533. The SMILES string of the molecule is COc1ccc(CNCC(C)=O)cc1C(C)(C)C. The molecular weight excluding hydrogens is 226 g/mol. The van der Waals surface area contributed by atoms with Crippen molar-refractivity contribution in [3.63, 3.8) is 0 Å². The van der Waals surface area contributed by atoms with E-state index in [0.29, 0.717) is 13.1 Å². The van der Waals surface area contributed by atoms with E-state index in [9.17, 15) is 4.79 Å². The smallest absolute Gasteiger partial charge is 0.143 e. The number of carbonyl (C=O) groups is 1. The van der Waals surface area contributed by atoms with Gasteiger partial charge in [-0.1, -0.05) is 32.9 Å².